The summed E-state index contributed by atoms with van der Waals surface area (Å²) in [4.78, 5) is 19.9. The van der Waals surface area contributed by atoms with Gasteiger partial charge in [-0.1, -0.05) is 16.8 Å². The van der Waals surface area contributed by atoms with Gasteiger partial charge in [-0.2, -0.15) is 4.98 Å². The Kier molecular flexibility index (Phi) is 3.96. The van der Waals surface area contributed by atoms with Gasteiger partial charge in [0.15, 0.2) is 5.82 Å². The molecule has 0 aromatic carbocycles. The highest BCUT2D eigenvalue weighted by molar-refractivity contribution is 6.30. The molecule has 0 atom stereocenters. The van der Waals surface area contributed by atoms with E-state index in [1.807, 2.05) is 6.92 Å². The molecule has 0 bridgehead atoms. The fourth-order valence-corrected chi connectivity index (χ4v) is 1.63. The Morgan fingerprint density at radius 3 is 2.84 bits per heavy atom. The van der Waals surface area contributed by atoms with Crippen LogP contribution in [0.2, 0.25) is 5.15 Å². The second-order valence-corrected chi connectivity index (χ2v) is 4.08. The Balaban J connectivity index is 2.18. The Morgan fingerprint density at radius 1 is 1.42 bits per heavy atom. The lowest BCUT2D eigenvalue weighted by Crippen LogP contribution is -2.13. The molecule has 8 heteroatoms. The molecule has 2 rings (SSSR count). The van der Waals surface area contributed by atoms with Crippen LogP contribution in [0.15, 0.2) is 16.7 Å². The first kappa shape index (κ1) is 13.3. The highest BCUT2D eigenvalue weighted by Gasteiger charge is 2.12. The number of nitrogens with one attached hydrogen (secondary N) is 2. The van der Waals surface area contributed by atoms with Crippen LogP contribution >= 0.6 is 11.6 Å². The predicted octanol–water partition coefficient (Wildman–Crippen LogP) is 2.11. The first-order valence-corrected chi connectivity index (χ1v) is 5.99. The third-order valence-corrected chi connectivity index (χ3v) is 2.36. The normalized spacial score (nSPS) is 10.3. The third-order valence-electron chi connectivity index (χ3n) is 2.16. The molecule has 0 unspecified atom stereocenters. The molecular weight excluding hydrogens is 270 g/mol. The van der Waals surface area contributed by atoms with Crippen molar-refractivity contribution >= 4 is 29.3 Å². The number of hydrogen-bond donors (Lipinski definition) is 2. The summed E-state index contributed by atoms with van der Waals surface area (Å²) in [7, 11) is 0. The van der Waals surface area contributed by atoms with Crippen LogP contribution in [0.1, 0.15) is 23.1 Å². The maximum absolute atomic E-state index is 12.0. The van der Waals surface area contributed by atoms with E-state index in [0.717, 1.165) is 0 Å². The van der Waals surface area contributed by atoms with Gasteiger partial charge in [-0.3, -0.25) is 10.1 Å². The maximum atomic E-state index is 12.0. The van der Waals surface area contributed by atoms with Crippen molar-refractivity contribution < 1.29 is 9.32 Å². The highest BCUT2D eigenvalue weighted by atomic mass is 35.5. The molecule has 2 heterocycles. The van der Waals surface area contributed by atoms with E-state index in [9.17, 15) is 4.79 Å². The van der Waals surface area contributed by atoms with Gasteiger partial charge in [0.2, 0.25) is 0 Å². The standard InChI is InChI=1S/C11H12ClN5O2/c1-3-13-9-5-7(4-8(12)15-9)10(18)16-11-14-6(2)17-19-11/h4-5H,3H2,1-2H3,(H,13,15)(H,14,16,17,18). The van der Waals surface area contributed by atoms with Gasteiger partial charge in [-0.25, -0.2) is 4.98 Å². The van der Waals surface area contributed by atoms with Gasteiger partial charge in [0.05, 0.1) is 0 Å². The van der Waals surface area contributed by atoms with Gasteiger partial charge in [-0.15, -0.1) is 0 Å². The minimum Gasteiger partial charge on any atom is -0.370 e. The van der Waals surface area contributed by atoms with E-state index >= 15 is 0 Å². The molecule has 0 saturated heterocycles. The number of amides is 1. The lowest BCUT2D eigenvalue weighted by Gasteiger charge is -2.06. The Labute approximate surface area is 114 Å². The largest absolute Gasteiger partial charge is 0.370 e. The maximum Gasteiger partial charge on any atom is 0.328 e. The molecule has 0 fully saturated rings. The van der Waals surface area contributed by atoms with Crippen molar-refractivity contribution in [3.8, 4) is 0 Å². The van der Waals surface area contributed by atoms with E-state index in [4.69, 9.17) is 16.1 Å². The van der Waals surface area contributed by atoms with Crippen LogP contribution in [0.4, 0.5) is 11.8 Å². The molecule has 0 aliphatic rings. The average molecular weight is 282 g/mol. The first-order valence-electron chi connectivity index (χ1n) is 5.61. The zero-order chi connectivity index (χ0) is 13.8. The number of aromatic nitrogens is 3. The van der Waals surface area contributed by atoms with E-state index < -0.39 is 5.91 Å². The van der Waals surface area contributed by atoms with E-state index in [-0.39, 0.29) is 11.2 Å². The number of carbonyl (C=O) groups excluding carboxylic acids is 1. The van der Waals surface area contributed by atoms with Crippen LogP contribution in [0.5, 0.6) is 0 Å². The van der Waals surface area contributed by atoms with Crippen molar-refractivity contribution in [1.29, 1.82) is 0 Å². The fraction of sp³-hybridized carbons (Fsp3) is 0.273. The Morgan fingerprint density at radius 2 is 2.21 bits per heavy atom. The summed E-state index contributed by atoms with van der Waals surface area (Å²) in [5.74, 6) is 0.574. The summed E-state index contributed by atoms with van der Waals surface area (Å²) >= 11 is 5.85. The number of aryl methyl sites for hydroxylation is 1. The van der Waals surface area contributed by atoms with Crippen LogP contribution in [-0.4, -0.2) is 27.6 Å². The van der Waals surface area contributed by atoms with Crippen molar-refractivity contribution in [2.75, 3.05) is 17.2 Å². The molecule has 19 heavy (non-hydrogen) atoms. The van der Waals surface area contributed by atoms with Crippen molar-refractivity contribution in [1.82, 2.24) is 15.1 Å². The number of anilines is 2. The van der Waals surface area contributed by atoms with Gasteiger partial charge in [0.25, 0.3) is 5.91 Å². The molecule has 0 radical (unpaired) electrons. The van der Waals surface area contributed by atoms with Crippen molar-refractivity contribution in [3.05, 3.63) is 28.7 Å². The lowest BCUT2D eigenvalue weighted by atomic mass is 10.2. The molecule has 7 nitrogen and oxygen atoms in total. The van der Waals surface area contributed by atoms with E-state index in [1.54, 1.807) is 13.0 Å². The Bertz CT molecular complexity index is 599. The molecule has 0 aliphatic heterocycles. The van der Waals surface area contributed by atoms with Crippen molar-refractivity contribution in [2.45, 2.75) is 13.8 Å². The quantitative estimate of drug-likeness (QED) is 0.834. The smallest absolute Gasteiger partial charge is 0.328 e. The number of hydrogen-bond acceptors (Lipinski definition) is 6. The monoisotopic (exact) mass is 281 g/mol. The average Bonchev–Trinajstić information content (AvgIpc) is 2.74. The third kappa shape index (κ3) is 3.41. The SMILES string of the molecule is CCNc1cc(C(=O)Nc2nc(C)no2)cc(Cl)n1. The molecule has 100 valence electrons. The van der Waals surface area contributed by atoms with Gasteiger partial charge in [-0.05, 0) is 26.0 Å². The van der Waals surface area contributed by atoms with Crippen LogP contribution < -0.4 is 10.6 Å². The number of halogens is 1. The molecule has 2 N–H and O–H groups in total. The molecule has 0 aliphatic carbocycles. The van der Waals surface area contributed by atoms with Gasteiger partial charge >= 0.3 is 6.01 Å². The minimum atomic E-state index is -0.396. The highest BCUT2D eigenvalue weighted by Crippen LogP contribution is 2.15. The molecule has 2 aromatic heterocycles. The summed E-state index contributed by atoms with van der Waals surface area (Å²) in [5.41, 5.74) is 0.354. The lowest BCUT2D eigenvalue weighted by molar-refractivity contribution is 0.102. The van der Waals surface area contributed by atoms with Gasteiger partial charge in [0, 0.05) is 12.1 Å². The Hall–Kier alpha value is -2.15. The molecule has 0 saturated carbocycles. The molecule has 1 amide bonds. The van der Waals surface area contributed by atoms with Crippen LogP contribution in [0.3, 0.4) is 0 Å². The second-order valence-electron chi connectivity index (χ2n) is 3.69. The van der Waals surface area contributed by atoms with Gasteiger partial charge in [0.1, 0.15) is 11.0 Å². The fourth-order valence-electron chi connectivity index (χ4n) is 1.42. The zero-order valence-electron chi connectivity index (χ0n) is 10.4. The topological polar surface area (TPSA) is 92.9 Å². The van der Waals surface area contributed by atoms with Crippen LogP contribution in [-0.2, 0) is 0 Å². The number of rotatable bonds is 4. The summed E-state index contributed by atoms with van der Waals surface area (Å²) in [6.45, 7) is 4.26. The predicted molar refractivity (Wildman–Crippen MR) is 70.4 cm³/mol. The van der Waals surface area contributed by atoms with E-state index in [1.165, 1.54) is 6.07 Å². The summed E-state index contributed by atoms with van der Waals surface area (Å²) in [5, 5.41) is 9.27. The molecule has 0 spiro atoms. The van der Waals surface area contributed by atoms with Gasteiger partial charge < -0.3 is 9.84 Å². The number of nitrogens with zero attached hydrogens (tertiary/aromatic N) is 3. The molecular formula is C11H12ClN5O2. The van der Waals surface area contributed by atoms with Crippen LogP contribution in [0, 0.1) is 6.92 Å². The summed E-state index contributed by atoms with van der Waals surface area (Å²) in [6, 6.07) is 3.09. The van der Waals surface area contributed by atoms with Crippen molar-refractivity contribution in [2.24, 2.45) is 0 Å². The minimum absolute atomic E-state index is 0.0421. The number of carbonyl (C=O) groups is 1. The zero-order valence-corrected chi connectivity index (χ0v) is 11.2. The molecule has 2 aromatic rings. The second kappa shape index (κ2) is 5.66. The van der Waals surface area contributed by atoms with E-state index in [0.29, 0.717) is 23.8 Å². The van der Waals surface area contributed by atoms with Crippen LogP contribution in [0.25, 0.3) is 0 Å². The first-order chi connectivity index (χ1) is 9.08. The summed E-state index contributed by atoms with van der Waals surface area (Å²) < 4.78 is 4.81. The summed E-state index contributed by atoms with van der Waals surface area (Å²) in [6.07, 6.45) is 0. The number of pyridine rings is 1. The van der Waals surface area contributed by atoms with E-state index in [2.05, 4.69) is 25.8 Å². The van der Waals surface area contributed by atoms with Crippen molar-refractivity contribution in [3.63, 3.8) is 0 Å².